The van der Waals surface area contributed by atoms with Crippen LogP contribution in [0.5, 0.6) is 0 Å². The molecule has 1 fully saturated rings. The standard InChI is InChI=1S/C10H17NO4/c1-2-11(8-12)10(9(13)14)4-3-6-15-7-5-10/h8H,2-7H2,1H3,(H,13,14). The topological polar surface area (TPSA) is 66.8 Å². The zero-order chi connectivity index (χ0) is 11.3. The Morgan fingerprint density at radius 2 is 2.27 bits per heavy atom. The summed E-state index contributed by atoms with van der Waals surface area (Å²) in [6, 6.07) is 0. The molecule has 15 heavy (non-hydrogen) atoms. The van der Waals surface area contributed by atoms with Crippen LogP contribution in [0, 0.1) is 0 Å². The number of hydrogen-bond donors (Lipinski definition) is 1. The molecule has 1 saturated heterocycles. The van der Waals surface area contributed by atoms with E-state index in [2.05, 4.69) is 0 Å². The molecular formula is C10H17NO4. The molecule has 0 bridgehead atoms. The molecule has 5 heteroatoms. The summed E-state index contributed by atoms with van der Waals surface area (Å²) in [5.74, 6) is -0.929. The Morgan fingerprint density at radius 1 is 1.53 bits per heavy atom. The monoisotopic (exact) mass is 215 g/mol. The minimum atomic E-state index is -1.06. The van der Waals surface area contributed by atoms with Gasteiger partial charge < -0.3 is 14.7 Å². The van der Waals surface area contributed by atoms with Crippen LogP contribution in [0.3, 0.4) is 0 Å². The molecule has 1 atom stereocenters. The van der Waals surface area contributed by atoms with Gasteiger partial charge in [-0.3, -0.25) is 4.79 Å². The maximum atomic E-state index is 11.3. The normalized spacial score (nSPS) is 26.7. The first-order chi connectivity index (χ1) is 7.17. The van der Waals surface area contributed by atoms with E-state index in [1.165, 1.54) is 4.90 Å². The highest BCUT2D eigenvalue weighted by Gasteiger charge is 2.43. The molecule has 1 heterocycles. The lowest BCUT2D eigenvalue weighted by Crippen LogP contribution is -2.54. The van der Waals surface area contributed by atoms with Gasteiger partial charge in [-0.25, -0.2) is 4.79 Å². The van der Waals surface area contributed by atoms with Crippen molar-refractivity contribution in [2.75, 3.05) is 19.8 Å². The van der Waals surface area contributed by atoms with Gasteiger partial charge in [0.05, 0.1) is 0 Å². The van der Waals surface area contributed by atoms with E-state index in [0.29, 0.717) is 45.4 Å². The number of amides is 1. The largest absolute Gasteiger partial charge is 0.479 e. The Kier molecular flexibility index (Phi) is 4.08. The first kappa shape index (κ1) is 12.0. The lowest BCUT2D eigenvalue weighted by Gasteiger charge is -2.36. The zero-order valence-corrected chi connectivity index (χ0v) is 8.94. The number of ether oxygens (including phenoxy) is 1. The predicted octanol–water partition coefficient (Wildman–Crippen LogP) is 0.489. The molecule has 0 aromatic heterocycles. The van der Waals surface area contributed by atoms with Crippen LogP contribution < -0.4 is 0 Å². The zero-order valence-electron chi connectivity index (χ0n) is 8.94. The number of aliphatic carboxylic acids is 1. The summed E-state index contributed by atoms with van der Waals surface area (Å²) in [6.07, 6.45) is 2.14. The van der Waals surface area contributed by atoms with Gasteiger partial charge in [0.2, 0.25) is 6.41 Å². The highest BCUT2D eigenvalue weighted by Crippen LogP contribution is 2.27. The van der Waals surface area contributed by atoms with Gasteiger partial charge in [-0.2, -0.15) is 0 Å². The minimum Gasteiger partial charge on any atom is -0.479 e. The molecule has 1 aliphatic heterocycles. The Bertz CT molecular complexity index is 234. The number of rotatable bonds is 4. The number of carboxylic acid groups (broad SMARTS) is 1. The van der Waals surface area contributed by atoms with Crippen molar-refractivity contribution in [3.05, 3.63) is 0 Å². The van der Waals surface area contributed by atoms with Crippen LogP contribution in [0.1, 0.15) is 26.2 Å². The number of carbonyl (C=O) groups excluding carboxylic acids is 1. The van der Waals surface area contributed by atoms with Crippen LogP contribution in [0.25, 0.3) is 0 Å². The number of nitrogens with zero attached hydrogens (tertiary/aromatic N) is 1. The van der Waals surface area contributed by atoms with E-state index in [1.807, 2.05) is 0 Å². The number of carbonyl (C=O) groups is 2. The third-order valence-corrected chi connectivity index (χ3v) is 2.95. The number of carboxylic acids is 1. The molecule has 0 aliphatic carbocycles. The van der Waals surface area contributed by atoms with Gasteiger partial charge in [0.1, 0.15) is 5.54 Å². The average molecular weight is 215 g/mol. The molecule has 0 saturated carbocycles. The van der Waals surface area contributed by atoms with E-state index in [0.717, 1.165) is 0 Å². The van der Waals surface area contributed by atoms with Crippen molar-refractivity contribution in [2.24, 2.45) is 0 Å². The van der Waals surface area contributed by atoms with E-state index < -0.39 is 11.5 Å². The maximum absolute atomic E-state index is 11.3. The molecule has 1 N–H and O–H groups in total. The molecule has 0 spiro atoms. The van der Waals surface area contributed by atoms with E-state index in [4.69, 9.17) is 4.74 Å². The molecule has 0 aromatic carbocycles. The molecule has 0 aromatic rings. The SMILES string of the molecule is CCN(C=O)C1(C(=O)O)CCCOCC1. The lowest BCUT2D eigenvalue weighted by atomic mass is 9.89. The van der Waals surface area contributed by atoms with Gasteiger partial charge in [-0.15, -0.1) is 0 Å². The van der Waals surface area contributed by atoms with Crippen molar-refractivity contribution in [3.8, 4) is 0 Å². The lowest BCUT2D eigenvalue weighted by molar-refractivity contribution is -0.156. The van der Waals surface area contributed by atoms with Crippen LogP contribution >= 0.6 is 0 Å². The fraction of sp³-hybridized carbons (Fsp3) is 0.800. The van der Waals surface area contributed by atoms with E-state index in [-0.39, 0.29) is 0 Å². The van der Waals surface area contributed by atoms with Crippen molar-refractivity contribution < 1.29 is 19.4 Å². The van der Waals surface area contributed by atoms with Crippen molar-refractivity contribution in [3.63, 3.8) is 0 Å². The molecule has 1 aliphatic rings. The average Bonchev–Trinajstić information content (AvgIpc) is 2.46. The first-order valence-corrected chi connectivity index (χ1v) is 5.20. The highest BCUT2D eigenvalue weighted by atomic mass is 16.5. The molecule has 1 rings (SSSR count). The van der Waals surface area contributed by atoms with Gasteiger partial charge in [0.15, 0.2) is 0 Å². The summed E-state index contributed by atoms with van der Waals surface area (Å²) in [4.78, 5) is 23.6. The van der Waals surface area contributed by atoms with Crippen molar-refractivity contribution in [1.29, 1.82) is 0 Å². The fourth-order valence-corrected chi connectivity index (χ4v) is 2.04. The highest BCUT2D eigenvalue weighted by molar-refractivity contribution is 5.81. The van der Waals surface area contributed by atoms with Crippen LogP contribution in [0.15, 0.2) is 0 Å². The molecular weight excluding hydrogens is 198 g/mol. The Hall–Kier alpha value is -1.10. The van der Waals surface area contributed by atoms with Gasteiger partial charge in [0.25, 0.3) is 0 Å². The van der Waals surface area contributed by atoms with E-state index >= 15 is 0 Å². The second-order valence-corrected chi connectivity index (χ2v) is 3.69. The summed E-state index contributed by atoms with van der Waals surface area (Å²) in [6.45, 7) is 3.17. The van der Waals surface area contributed by atoms with Gasteiger partial charge in [0, 0.05) is 26.2 Å². The van der Waals surface area contributed by atoms with Crippen molar-refractivity contribution in [1.82, 2.24) is 4.90 Å². The van der Waals surface area contributed by atoms with Crippen LogP contribution in [-0.2, 0) is 14.3 Å². The second-order valence-electron chi connectivity index (χ2n) is 3.69. The molecule has 0 radical (unpaired) electrons. The van der Waals surface area contributed by atoms with Crippen LogP contribution in [0.2, 0.25) is 0 Å². The Labute approximate surface area is 89.0 Å². The number of likely N-dealkylation sites (N-methyl/N-ethyl adjacent to an activating group) is 1. The molecule has 5 nitrogen and oxygen atoms in total. The summed E-state index contributed by atoms with van der Waals surface area (Å²) < 4.78 is 5.23. The van der Waals surface area contributed by atoms with E-state index in [9.17, 15) is 14.7 Å². The minimum absolute atomic E-state index is 0.370. The Balaban J connectivity index is 2.93. The maximum Gasteiger partial charge on any atom is 0.329 e. The number of hydrogen-bond acceptors (Lipinski definition) is 3. The second kappa shape index (κ2) is 5.11. The van der Waals surface area contributed by atoms with Crippen LogP contribution in [0.4, 0.5) is 0 Å². The Morgan fingerprint density at radius 3 is 2.80 bits per heavy atom. The van der Waals surface area contributed by atoms with Gasteiger partial charge in [-0.1, -0.05) is 0 Å². The fourth-order valence-electron chi connectivity index (χ4n) is 2.04. The summed E-state index contributed by atoms with van der Waals surface area (Å²) >= 11 is 0. The van der Waals surface area contributed by atoms with Gasteiger partial charge >= 0.3 is 5.97 Å². The molecule has 1 unspecified atom stereocenters. The smallest absolute Gasteiger partial charge is 0.329 e. The molecule has 1 amide bonds. The molecule has 86 valence electrons. The summed E-state index contributed by atoms with van der Waals surface area (Å²) in [7, 11) is 0. The third kappa shape index (κ3) is 2.28. The van der Waals surface area contributed by atoms with Crippen molar-refractivity contribution in [2.45, 2.75) is 31.7 Å². The van der Waals surface area contributed by atoms with Crippen molar-refractivity contribution >= 4 is 12.4 Å². The quantitative estimate of drug-likeness (QED) is 0.693. The third-order valence-electron chi connectivity index (χ3n) is 2.95. The van der Waals surface area contributed by atoms with E-state index in [1.54, 1.807) is 6.92 Å². The van der Waals surface area contributed by atoms with Crippen LogP contribution in [-0.4, -0.2) is 47.7 Å². The first-order valence-electron chi connectivity index (χ1n) is 5.20. The van der Waals surface area contributed by atoms with Gasteiger partial charge in [-0.05, 0) is 19.8 Å². The predicted molar refractivity (Wildman–Crippen MR) is 53.5 cm³/mol. The summed E-state index contributed by atoms with van der Waals surface area (Å²) in [5.41, 5.74) is -1.06. The summed E-state index contributed by atoms with van der Waals surface area (Å²) in [5, 5.41) is 9.29.